The highest BCUT2D eigenvalue weighted by Crippen LogP contribution is 1.68. The van der Waals surface area contributed by atoms with Crippen LogP contribution in [0, 0.1) is 0 Å². The van der Waals surface area contributed by atoms with Crippen LogP contribution in [0.15, 0.2) is 24.5 Å². The van der Waals surface area contributed by atoms with Crippen LogP contribution >= 0.6 is 13.5 Å². The molecule has 1 aromatic rings. The van der Waals surface area contributed by atoms with Gasteiger partial charge in [0.25, 0.3) is 0 Å². The predicted octanol–water partition coefficient (Wildman–Crippen LogP) is 0.589. The normalized spacial score (nSPS) is 6.86. The van der Waals surface area contributed by atoms with E-state index in [1.165, 1.54) is 0 Å². The maximum absolute atomic E-state index is 3.53. The fraction of sp³-hybridized carbons (Fsp3) is 0. The molecule has 0 fully saturated rings. The van der Waals surface area contributed by atoms with Crippen molar-refractivity contribution in [3.63, 3.8) is 0 Å². The minimum Gasteiger partial charge on any atom is -0.197 e. The average molecular weight is 114 g/mol. The lowest BCUT2D eigenvalue weighted by Crippen LogP contribution is -1.69. The molecule has 0 saturated heterocycles. The van der Waals surface area contributed by atoms with Gasteiger partial charge in [0.2, 0.25) is 0 Å². The van der Waals surface area contributed by atoms with Gasteiger partial charge in [-0.1, -0.05) is 0 Å². The zero-order valence-corrected chi connectivity index (χ0v) is 4.70. The van der Waals surface area contributed by atoms with Crippen LogP contribution in [0.3, 0.4) is 0 Å². The Bertz CT molecular complexity index is 81.6. The summed E-state index contributed by atoms with van der Waals surface area (Å²) < 4.78 is 0. The molecule has 0 saturated carbocycles. The van der Waals surface area contributed by atoms with E-state index in [-0.39, 0.29) is 13.5 Å². The second-order valence-corrected chi connectivity index (χ2v) is 0.914. The van der Waals surface area contributed by atoms with Crippen LogP contribution < -0.4 is 0 Å². The molecule has 2 nitrogen and oxygen atoms in total. The van der Waals surface area contributed by atoms with Crippen molar-refractivity contribution in [3.8, 4) is 0 Å². The summed E-state index contributed by atoms with van der Waals surface area (Å²) in [5.74, 6) is 0. The summed E-state index contributed by atoms with van der Waals surface area (Å²) in [6.45, 7) is 0. The fourth-order valence-electron chi connectivity index (χ4n) is 0.253. The van der Waals surface area contributed by atoms with Crippen molar-refractivity contribution in [3.05, 3.63) is 24.5 Å². The van der Waals surface area contributed by atoms with Crippen LogP contribution in [-0.4, -0.2) is 10.2 Å². The molecule has 0 aliphatic carbocycles. The molecule has 0 aliphatic heterocycles. The predicted molar refractivity (Wildman–Crippen MR) is 32.4 cm³/mol. The first kappa shape index (κ1) is 6.43. The molecule has 3 heteroatoms. The first-order valence-electron chi connectivity index (χ1n) is 1.72. The minimum absolute atomic E-state index is 0. The Morgan fingerprint density at radius 3 is 1.43 bits per heavy atom. The third-order valence-corrected chi connectivity index (χ3v) is 0.483. The van der Waals surface area contributed by atoms with E-state index in [2.05, 4.69) is 10.2 Å². The van der Waals surface area contributed by atoms with Crippen LogP contribution in [-0.2, 0) is 0 Å². The van der Waals surface area contributed by atoms with Gasteiger partial charge in [0, 0.05) is 12.4 Å². The van der Waals surface area contributed by atoms with Crippen molar-refractivity contribution in [2.45, 2.75) is 0 Å². The standard InChI is InChI=1S/C4H4N2.H2S/c1-2-4-6-5-3-1;/h1-4H;1H2. The van der Waals surface area contributed by atoms with Gasteiger partial charge in [0.05, 0.1) is 0 Å². The molecule has 0 aliphatic rings. The van der Waals surface area contributed by atoms with E-state index in [0.717, 1.165) is 0 Å². The number of aromatic nitrogens is 2. The van der Waals surface area contributed by atoms with E-state index in [1.807, 2.05) is 12.1 Å². The van der Waals surface area contributed by atoms with E-state index in [9.17, 15) is 0 Å². The van der Waals surface area contributed by atoms with E-state index in [4.69, 9.17) is 0 Å². The Labute approximate surface area is 49.0 Å². The van der Waals surface area contributed by atoms with Gasteiger partial charge >= 0.3 is 0 Å². The average Bonchev–Trinajstić information content (AvgIpc) is 1.72. The molecule has 38 valence electrons. The lowest BCUT2D eigenvalue weighted by atomic mass is 10.6. The lowest BCUT2D eigenvalue weighted by molar-refractivity contribution is 1.03. The highest BCUT2D eigenvalue weighted by molar-refractivity contribution is 7.59. The Morgan fingerprint density at radius 1 is 0.857 bits per heavy atom. The summed E-state index contributed by atoms with van der Waals surface area (Å²) in [7, 11) is 0. The highest BCUT2D eigenvalue weighted by atomic mass is 32.1. The molecule has 0 aromatic carbocycles. The molecule has 7 heavy (non-hydrogen) atoms. The van der Waals surface area contributed by atoms with E-state index in [0.29, 0.717) is 0 Å². The van der Waals surface area contributed by atoms with Gasteiger partial charge in [-0.3, -0.25) is 0 Å². The molecule has 0 spiro atoms. The van der Waals surface area contributed by atoms with Crippen LogP contribution in [0.2, 0.25) is 0 Å². The fourth-order valence-corrected chi connectivity index (χ4v) is 0.253. The molecule has 1 heterocycles. The molecule has 0 amide bonds. The van der Waals surface area contributed by atoms with Gasteiger partial charge in [-0.2, -0.15) is 23.7 Å². The van der Waals surface area contributed by atoms with Crippen molar-refractivity contribution in [2.24, 2.45) is 0 Å². The SMILES string of the molecule is S.c1ccnnc1. The third kappa shape index (κ3) is 2.17. The second kappa shape index (κ2) is 3.61. The van der Waals surface area contributed by atoms with Gasteiger partial charge in [-0.25, -0.2) is 0 Å². The Morgan fingerprint density at radius 2 is 1.29 bits per heavy atom. The molecular formula is C4H6N2S. The molecule has 0 bridgehead atoms. The van der Waals surface area contributed by atoms with Crippen molar-refractivity contribution in [1.29, 1.82) is 0 Å². The largest absolute Gasteiger partial charge is 0.197 e. The van der Waals surface area contributed by atoms with Gasteiger partial charge in [0.1, 0.15) is 0 Å². The minimum atomic E-state index is 0. The highest BCUT2D eigenvalue weighted by Gasteiger charge is 1.59. The molecule has 1 aromatic heterocycles. The summed E-state index contributed by atoms with van der Waals surface area (Å²) in [4.78, 5) is 0. The molecule has 0 N–H and O–H groups in total. The third-order valence-electron chi connectivity index (χ3n) is 0.483. The zero-order valence-electron chi connectivity index (χ0n) is 3.70. The topological polar surface area (TPSA) is 25.8 Å². The van der Waals surface area contributed by atoms with Crippen LogP contribution in [0.4, 0.5) is 0 Å². The Hall–Kier alpha value is -0.570. The van der Waals surface area contributed by atoms with Gasteiger partial charge in [-0.15, -0.1) is 0 Å². The number of hydrogen-bond acceptors (Lipinski definition) is 2. The van der Waals surface area contributed by atoms with Crippen molar-refractivity contribution in [1.82, 2.24) is 10.2 Å². The molecule has 1 rings (SSSR count). The smallest absolute Gasteiger partial charge is 0.0496 e. The molecule has 0 atom stereocenters. The molecule has 0 unspecified atom stereocenters. The summed E-state index contributed by atoms with van der Waals surface area (Å²) in [5, 5.41) is 7.07. The maximum Gasteiger partial charge on any atom is 0.0496 e. The summed E-state index contributed by atoms with van der Waals surface area (Å²) >= 11 is 0. The summed E-state index contributed by atoms with van der Waals surface area (Å²) in [6.07, 6.45) is 3.28. The van der Waals surface area contributed by atoms with Crippen LogP contribution in [0.25, 0.3) is 0 Å². The summed E-state index contributed by atoms with van der Waals surface area (Å²) in [5.41, 5.74) is 0. The first-order valence-corrected chi connectivity index (χ1v) is 1.72. The Balaban J connectivity index is 0.000000360. The van der Waals surface area contributed by atoms with Gasteiger partial charge < -0.3 is 0 Å². The zero-order chi connectivity index (χ0) is 4.24. The van der Waals surface area contributed by atoms with E-state index in [1.54, 1.807) is 12.4 Å². The number of nitrogens with zero attached hydrogens (tertiary/aromatic N) is 2. The Kier molecular flexibility index (Phi) is 3.32. The maximum atomic E-state index is 3.53. The second-order valence-electron chi connectivity index (χ2n) is 0.914. The lowest BCUT2D eigenvalue weighted by Gasteiger charge is -1.69. The van der Waals surface area contributed by atoms with Gasteiger partial charge in [0.15, 0.2) is 0 Å². The number of rotatable bonds is 0. The van der Waals surface area contributed by atoms with Crippen LogP contribution in [0.5, 0.6) is 0 Å². The van der Waals surface area contributed by atoms with Crippen molar-refractivity contribution < 1.29 is 0 Å². The van der Waals surface area contributed by atoms with E-state index < -0.39 is 0 Å². The quantitative estimate of drug-likeness (QED) is 0.493. The van der Waals surface area contributed by atoms with Crippen LogP contribution in [0.1, 0.15) is 0 Å². The molecule has 0 radical (unpaired) electrons. The number of hydrogen-bond donors (Lipinski definition) is 0. The van der Waals surface area contributed by atoms with E-state index >= 15 is 0 Å². The van der Waals surface area contributed by atoms with Crippen molar-refractivity contribution >= 4 is 13.5 Å². The first-order chi connectivity index (χ1) is 3.00. The summed E-state index contributed by atoms with van der Waals surface area (Å²) in [6, 6.07) is 3.65. The monoisotopic (exact) mass is 114 g/mol. The van der Waals surface area contributed by atoms with Crippen molar-refractivity contribution in [2.75, 3.05) is 0 Å². The molecular weight excluding hydrogens is 108 g/mol. The van der Waals surface area contributed by atoms with Gasteiger partial charge in [-0.05, 0) is 12.1 Å².